The van der Waals surface area contributed by atoms with Crippen LogP contribution in [0.15, 0.2) is 59.5 Å². The SMILES string of the molecule is CS(=O)(=O)c1ccc(C(=O)OCC(=O)Nc2sc3c(c2C(=O)c2ccccc2)CCCC3)cc1. The van der Waals surface area contributed by atoms with Crippen molar-refractivity contribution in [3.05, 3.63) is 81.7 Å². The zero-order valence-corrected chi connectivity index (χ0v) is 20.1. The van der Waals surface area contributed by atoms with Crippen LogP contribution in [0.3, 0.4) is 0 Å². The summed E-state index contributed by atoms with van der Waals surface area (Å²) in [5.41, 5.74) is 2.19. The number of ketones is 1. The summed E-state index contributed by atoms with van der Waals surface area (Å²) < 4.78 is 28.2. The van der Waals surface area contributed by atoms with Crippen LogP contribution in [0.2, 0.25) is 0 Å². The van der Waals surface area contributed by atoms with Gasteiger partial charge in [0.25, 0.3) is 5.91 Å². The van der Waals surface area contributed by atoms with E-state index in [0.717, 1.165) is 42.4 Å². The van der Waals surface area contributed by atoms with E-state index in [4.69, 9.17) is 4.74 Å². The van der Waals surface area contributed by atoms with Gasteiger partial charge in [-0.25, -0.2) is 13.2 Å². The van der Waals surface area contributed by atoms with E-state index in [2.05, 4.69) is 5.32 Å². The molecule has 34 heavy (non-hydrogen) atoms. The van der Waals surface area contributed by atoms with Gasteiger partial charge in [-0.3, -0.25) is 9.59 Å². The molecule has 4 rings (SSSR count). The highest BCUT2D eigenvalue weighted by Gasteiger charge is 2.27. The number of carbonyl (C=O) groups is 3. The number of hydrogen-bond acceptors (Lipinski definition) is 7. The third-order valence-corrected chi connectivity index (χ3v) is 7.88. The summed E-state index contributed by atoms with van der Waals surface area (Å²) in [6.45, 7) is -0.534. The molecule has 0 fully saturated rings. The molecule has 0 radical (unpaired) electrons. The Labute approximate surface area is 201 Å². The molecule has 1 amide bonds. The molecule has 0 saturated heterocycles. The molecule has 9 heteroatoms. The smallest absolute Gasteiger partial charge is 0.338 e. The van der Waals surface area contributed by atoms with Crippen LogP contribution in [-0.4, -0.2) is 38.9 Å². The number of ether oxygens (including phenoxy) is 1. The fraction of sp³-hybridized carbons (Fsp3) is 0.240. The van der Waals surface area contributed by atoms with E-state index in [1.807, 2.05) is 6.07 Å². The molecule has 3 aromatic rings. The third-order valence-electron chi connectivity index (χ3n) is 5.54. The highest BCUT2D eigenvalue weighted by Crippen LogP contribution is 2.39. The number of anilines is 1. The lowest BCUT2D eigenvalue weighted by Crippen LogP contribution is -2.21. The Kier molecular flexibility index (Phi) is 6.95. The number of esters is 1. The first-order chi connectivity index (χ1) is 16.2. The maximum atomic E-state index is 13.3. The van der Waals surface area contributed by atoms with Crippen LogP contribution in [0.1, 0.15) is 49.6 Å². The minimum Gasteiger partial charge on any atom is -0.452 e. The Balaban J connectivity index is 1.47. The van der Waals surface area contributed by atoms with Crippen molar-refractivity contribution in [1.82, 2.24) is 0 Å². The van der Waals surface area contributed by atoms with E-state index in [0.29, 0.717) is 16.1 Å². The predicted molar refractivity (Wildman–Crippen MR) is 129 cm³/mol. The van der Waals surface area contributed by atoms with Gasteiger partial charge in [-0.1, -0.05) is 30.3 Å². The average molecular weight is 498 g/mol. The number of nitrogens with one attached hydrogen (secondary N) is 1. The fourth-order valence-corrected chi connectivity index (χ4v) is 5.78. The summed E-state index contributed by atoms with van der Waals surface area (Å²) in [7, 11) is -3.38. The summed E-state index contributed by atoms with van der Waals surface area (Å²) in [4.78, 5) is 39.3. The quantitative estimate of drug-likeness (QED) is 0.390. The van der Waals surface area contributed by atoms with Crippen molar-refractivity contribution in [2.75, 3.05) is 18.2 Å². The molecule has 0 aliphatic heterocycles. The van der Waals surface area contributed by atoms with Gasteiger partial charge >= 0.3 is 5.97 Å². The van der Waals surface area contributed by atoms with Gasteiger partial charge in [-0.2, -0.15) is 0 Å². The normalized spacial score (nSPS) is 13.1. The second kappa shape index (κ2) is 9.90. The number of hydrogen-bond donors (Lipinski definition) is 1. The van der Waals surface area contributed by atoms with Crippen LogP contribution in [0.4, 0.5) is 5.00 Å². The molecule has 7 nitrogen and oxygen atoms in total. The van der Waals surface area contributed by atoms with Gasteiger partial charge in [-0.15, -0.1) is 11.3 Å². The second-order valence-electron chi connectivity index (χ2n) is 8.03. The molecule has 1 heterocycles. The Bertz CT molecular complexity index is 1340. The first-order valence-corrected chi connectivity index (χ1v) is 13.5. The number of aryl methyl sites for hydroxylation is 1. The number of fused-ring (bicyclic) bond motifs is 1. The van der Waals surface area contributed by atoms with Gasteiger partial charge in [0.1, 0.15) is 5.00 Å². The van der Waals surface area contributed by atoms with Crippen molar-refractivity contribution in [2.24, 2.45) is 0 Å². The van der Waals surface area contributed by atoms with Crippen LogP contribution in [-0.2, 0) is 32.2 Å². The molecule has 0 spiro atoms. The van der Waals surface area contributed by atoms with Crippen molar-refractivity contribution in [3.8, 4) is 0 Å². The standard InChI is InChI=1S/C25H23NO6S2/c1-34(30,31)18-13-11-17(12-14-18)25(29)32-15-21(27)26-24-22(19-9-5-6-10-20(19)33-24)23(28)16-7-3-2-4-8-16/h2-4,7-8,11-14H,5-6,9-10,15H2,1H3,(H,26,27). The molecule has 0 saturated carbocycles. The zero-order chi connectivity index (χ0) is 24.3. The third kappa shape index (κ3) is 5.26. The number of rotatable bonds is 7. The van der Waals surface area contributed by atoms with Crippen LogP contribution >= 0.6 is 11.3 Å². The van der Waals surface area contributed by atoms with Gasteiger partial charge in [0.05, 0.1) is 16.0 Å². The highest BCUT2D eigenvalue weighted by atomic mass is 32.2. The van der Waals surface area contributed by atoms with Gasteiger partial charge in [-0.05, 0) is 55.5 Å². The molecule has 0 bridgehead atoms. The van der Waals surface area contributed by atoms with Crippen molar-refractivity contribution in [1.29, 1.82) is 0 Å². The summed E-state index contributed by atoms with van der Waals surface area (Å²) in [5.74, 6) is -1.44. The monoisotopic (exact) mass is 497 g/mol. The van der Waals surface area contributed by atoms with E-state index >= 15 is 0 Å². The highest BCUT2D eigenvalue weighted by molar-refractivity contribution is 7.90. The molecule has 2 aromatic carbocycles. The summed E-state index contributed by atoms with van der Waals surface area (Å²) in [5, 5.41) is 3.23. The maximum absolute atomic E-state index is 13.3. The van der Waals surface area contributed by atoms with Crippen LogP contribution < -0.4 is 5.32 Å². The molecular weight excluding hydrogens is 474 g/mol. The van der Waals surface area contributed by atoms with Crippen molar-refractivity contribution >= 4 is 43.8 Å². The fourth-order valence-electron chi connectivity index (χ4n) is 3.84. The summed E-state index contributed by atoms with van der Waals surface area (Å²) in [6, 6.07) is 14.2. The lowest BCUT2D eigenvalue weighted by molar-refractivity contribution is -0.119. The summed E-state index contributed by atoms with van der Waals surface area (Å²) >= 11 is 1.40. The van der Waals surface area contributed by atoms with Crippen LogP contribution in [0, 0.1) is 0 Å². The first-order valence-electron chi connectivity index (χ1n) is 10.8. The second-order valence-corrected chi connectivity index (χ2v) is 11.2. The number of sulfone groups is 1. The number of thiophene rings is 1. The van der Waals surface area contributed by atoms with Gasteiger partial charge in [0.15, 0.2) is 22.2 Å². The summed E-state index contributed by atoms with van der Waals surface area (Å²) in [6.07, 6.45) is 4.75. The molecule has 1 aromatic heterocycles. The molecule has 1 N–H and O–H groups in total. The minimum absolute atomic E-state index is 0.0825. The van der Waals surface area contributed by atoms with Crippen molar-refractivity contribution in [3.63, 3.8) is 0 Å². The average Bonchev–Trinajstić information content (AvgIpc) is 3.19. The van der Waals surface area contributed by atoms with Crippen LogP contribution in [0.5, 0.6) is 0 Å². The van der Waals surface area contributed by atoms with E-state index in [1.54, 1.807) is 24.3 Å². The van der Waals surface area contributed by atoms with E-state index in [1.165, 1.54) is 35.6 Å². The lowest BCUT2D eigenvalue weighted by atomic mass is 9.92. The van der Waals surface area contributed by atoms with Crippen LogP contribution in [0.25, 0.3) is 0 Å². The minimum atomic E-state index is -3.38. The van der Waals surface area contributed by atoms with E-state index in [9.17, 15) is 22.8 Å². The first kappa shape index (κ1) is 23.8. The topological polar surface area (TPSA) is 107 Å². The van der Waals surface area contributed by atoms with Gasteiger partial charge < -0.3 is 10.1 Å². The van der Waals surface area contributed by atoms with E-state index in [-0.39, 0.29) is 16.2 Å². The largest absolute Gasteiger partial charge is 0.452 e. The molecule has 0 atom stereocenters. The maximum Gasteiger partial charge on any atom is 0.338 e. The Hall–Kier alpha value is -3.30. The number of amides is 1. The molecule has 0 unspecified atom stereocenters. The number of carbonyl (C=O) groups excluding carboxylic acids is 3. The zero-order valence-electron chi connectivity index (χ0n) is 18.5. The Morgan fingerprint density at radius 1 is 0.941 bits per heavy atom. The number of benzene rings is 2. The predicted octanol–water partition coefficient (Wildman–Crippen LogP) is 4.06. The molecule has 176 valence electrons. The molecule has 1 aliphatic rings. The van der Waals surface area contributed by atoms with E-state index < -0.39 is 28.3 Å². The van der Waals surface area contributed by atoms with Crippen molar-refractivity contribution in [2.45, 2.75) is 30.6 Å². The van der Waals surface area contributed by atoms with Gasteiger partial charge in [0.2, 0.25) is 0 Å². The molecular formula is C25H23NO6S2. The molecule has 1 aliphatic carbocycles. The lowest BCUT2D eigenvalue weighted by Gasteiger charge is -2.12. The van der Waals surface area contributed by atoms with Crippen molar-refractivity contribution < 1.29 is 27.5 Å². The van der Waals surface area contributed by atoms with Gasteiger partial charge in [0, 0.05) is 16.7 Å². The Morgan fingerprint density at radius 3 is 2.29 bits per heavy atom. The Morgan fingerprint density at radius 2 is 1.62 bits per heavy atom.